The van der Waals surface area contributed by atoms with Gasteiger partial charge >= 0.3 is 21.5 Å². The van der Waals surface area contributed by atoms with E-state index in [0.29, 0.717) is 3.57 Å². The Balaban J connectivity index is 2.17. The lowest BCUT2D eigenvalue weighted by Crippen LogP contribution is -2.38. The molecule has 1 N–H and O–H groups in total. The van der Waals surface area contributed by atoms with Crippen LogP contribution in [0.3, 0.4) is 0 Å². The van der Waals surface area contributed by atoms with Crippen LogP contribution in [0.2, 0.25) is 0 Å². The molecule has 7 nitrogen and oxygen atoms in total. The first kappa shape index (κ1) is 33.0. The number of carbonyl (C=O) groups excluding carboxylic acids is 1. The number of imidazole rings is 1. The highest BCUT2D eigenvalue weighted by molar-refractivity contribution is 14.1. The second-order valence-electron chi connectivity index (χ2n) is 10.4. The maximum atomic E-state index is 12.6. The first-order chi connectivity index (χ1) is 16.8. The first-order valence-electron chi connectivity index (χ1n) is 11.1. The highest BCUT2D eigenvalue weighted by Crippen LogP contribution is 2.42. The van der Waals surface area contributed by atoms with Gasteiger partial charge in [-0.3, -0.25) is 0 Å². The Kier molecular flexibility index (Phi) is 11.2. The number of alkyl halides is 3. The summed E-state index contributed by atoms with van der Waals surface area (Å²) < 4.78 is 70.4. The molecule has 0 bridgehead atoms. The molecule has 2 aromatic rings. The third-order valence-electron chi connectivity index (χ3n) is 5.69. The van der Waals surface area contributed by atoms with Crippen molar-refractivity contribution in [1.82, 2.24) is 14.3 Å². The largest absolute Gasteiger partial charge is 0.511 e. The van der Waals surface area contributed by atoms with Gasteiger partial charge in [-0.1, -0.05) is 34.6 Å². The van der Waals surface area contributed by atoms with Gasteiger partial charge in [-0.05, 0) is 103 Å². The third kappa shape index (κ3) is 8.89. The molecule has 0 saturated heterocycles. The average molecular weight is 881 g/mol. The quantitative estimate of drug-likeness (QED) is 0.127. The molecule has 208 valence electrons. The molecule has 1 atom stereocenters. The smallest absolute Gasteiger partial charge is 0.461 e. The number of rotatable bonds is 10. The number of hydrogen-bond acceptors (Lipinski definition) is 5. The Morgan fingerprint density at radius 3 is 2.27 bits per heavy atom. The fourth-order valence-electron chi connectivity index (χ4n) is 3.81. The van der Waals surface area contributed by atoms with Crippen LogP contribution in [-0.2, 0) is 21.2 Å². The minimum absolute atomic E-state index is 0.00854. The molecular weight excluding hydrogens is 852 g/mol. The molecule has 0 aliphatic rings. The summed E-state index contributed by atoms with van der Waals surface area (Å²) in [5, 5.41) is 0. The lowest BCUT2D eigenvalue weighted by Gasteiger charge is -2.38. The summed E-state index contributed by atoms with van der Waals surface area (Å²) in [6.45, 7) is 9.83. The number of nitrogens with one attached hydrogen (secondary N) is 1. The molecule has 1 heterocycles. The van der Waals surface area contributed by atoms with Gasteiger partial charge < -0.3 is 9.30 Å². The number of hydrogen-bond donors (Lipinski definition) is 1. The number of nitrogens with zero attached hydrogens (tertiary/aromatic N) is 2. The van der Waals surface area contributed by atoms with Gasteiger partial charge in [0, 0.05) is 35.7 Å². The van der Waals surface area contributed by atoms with Crippen molar-refractivity contribution in [2.75, 3.05) is 13.2 Å². The second kappa shape index (κ2) is 12.5. The molecule has 1 aromatic heterocycles. The van der Waals surface area contributed by atoms with Crippen LogP contribution >= 0.6 is 67.8 Å². The monoisotopic (exact) mass is 881 g/mol. The SMILES string of the molecule is CC(C)(Cc1c(I)cc(C(=O)OCCNS(=O)(=O)C(F)(F)F)c(I)c1I)CC(n1ccnc1)C(C)(C)C. The summed E-state index contributed by atoms with van der Waals surface area (Å²) in [7, 11) is -5.49. The molecule has 0 aliphatic carbocycles. The number of esters is 1. The minimum atomic E-state index is -5.49. The molecule has 14 heteroatoms. The predicted octanol–water partition coefficient (Wildman–Crippen LogP) is 6.54. The third-order valence-corrected chi connectivity index (χ3v) is 11.2. The molecule has 2 rings (SSSR count). The average Bonchev–Trinajstić information content (AvgIpc) is 3.28. The van der Waals surface area contributed by atoms with Crippen LogP contribution in [0.1, 0.15) is 63.0 Å². The highest BCUT2D eigenvalue weighted by atomic mass is 127. The predicted molar refractivity (Wildman–Crippen MR) is 161 cm³/mol. The maximum Gasteiger partial charge on any atom is 0.511 e. The van der Waals surface area contributed by atoms with E-state index >= 15 is 0 Å². The van der Waals surface area contributed by atoms with E-state index in [-0.39, 0.29) is 22.4 Å². The number of sulfonamides is 1. The zero-order valence-electron chi connectivity index (χ0n) is 20.9. The van der Waals surface area contributed by atoms with Crippen molar-refractivity contribution >= 4 is 83.8 Å². The zero-order chi connectivity index (χ0) is 28.4. The van der Waals surface area contributed by atoms with Crippen LogP contribution in [-0.4, -0.2) is 42.6 Å². The zero-order valence-corrected chi connectivity index (χ0v) is 28.2. The molecular formula is C23H29F3I3N3O4S. The molecule has 0 saturated carbocycles. The van der Waals surface area contributed by atoms with Gasteiger partial charge in [-0.15, -0.1) is 0 Å². The normalized spacial score (nSPS) is 14.0. The van der Waals surface area contributed by atoms with Crippen LogP contribution in [0, 0.1) is 21.5 Å². The number of carbonyl (C=O) groups is 1. The number of halogens is 6. The molecule has 0 aliphatic heterocycles. The molecule has 0 radical (unpaired) electrons. The summed E-state index contributed by atoms with van der Waals surface area (Å²) in [6.07, 6.45) is 7.26. The van der Waals surface area contributed by atoms with Crippen molar-refractivity contribution in [3.63, 3.8) is 0 Å². The van der Waals surface area contributed by atoms with Crippen LogP contribution in [0.5, 0.6) is 0 Å². The van der Waals surface area contributed by atoms with Gasteiger partial charge in [0.15, 0.2) is 0 Å². The Morgan fingerprint density at radius 1 is 1.14 bits per heavy atom. The second-order valence-corrected chi connectivity index (χ2v) is 15.5. The minimum Gasteiger partial charge on any atom is -0.461 e. The number of aromatic nitrogens is 2. The van der Waals surface area contributed by atoms with Gasteiger partial charge in [-0.2, -0.15) is 13.2 Å². The van der Waals surface area contributed by atoms with E-state index in [0.717, 1.165) is 25.5 Å². The van der Waals surface area contributed by atoms with E-state index in [9.17, 15) is 26.4 Å². The number of benzene rings is 1. The van der Waals surface area contributed by atoms with Crippen LogP contribution in [0.4, 0.5) is 13.2 Å². The molecule has 0 amide bonds. The summed E-state index contributed by atoms with van der Waals surface area (Å²) in [6, 6.07) is 1.93. The van der Waals surface area contributed by atoms with Crippen molar-refractivity contribution in [3.8, 4) is 0 Å². The van der Waals surface area contributed by atoms with Crippen LogP contribution < -0.4 is 4.72 Å². The summed E-state index contributed by atoms with van der Waals surface area (Å²) in [5.41, 5.74) is -4.13. The van der Waals surface area contributed by atoms with E-state index in [1.54, 1.807) is 12.3 Å². The van der Waals surface area contributed by atoms with Crippen molar-refractivity contribution in [2.24, 2.45) is 10.8 Å². The van der Waals surface area contributed by atoms with Crippen molar-refractivity contribution < 1.29 is 31.1 Å². The van der Waals surface area contributed by atoms with Crippen molar-refractivity contribution in [1.29, 1.82) is 0 Å². The van der Waals surface area contributed by atoms with E-state index in [1.807, 2.05) is 12.5 Å². The Morgan fingerprint density at radius 2 is 1.76 bits per heavy atom. The Hall–Kier alpha value is -0.210. The van der Waals surface area contributed by atoms with Gasteiger partial charge in [0.05, 0.1) is 11.9 Å². The summed E-state index contributed by atoms with van der Waals surface area (Å²) in [5.74, 6) is -0.731. The fraction of sp³-hybridized carbons (Fsp3) is 0.565. The van der Waals surface area contributed by atoms with E-state index < -0.39 is 34.7 Å². The van der Waals surface area contributed by atoms with E-state index in [2.05, 4.69) is 112 Å². The van der Waals surface area contributed by atoms with Gasteiger partial charge in [0.25, 0.3) is 0 Å². The lowest BCUT2D eigenvalue weighted by molar-refractivity contribution is -0.0448. The summed E-state index contributed by atoms with van der Waals surface area (Å²) in [4.78, 5) is 16.9. The molecule has 0 fully saturated rings. The Bertz CT molecular complexity index is 1210. The molecule has 1 unspecified atom stereocenters. The van der Waals surface area contributed by atoms with Crippen molar-refractivity contribution in [2.45, 2.75) is 59.0 Å². The van der Waals surface area contributed by atoms with Crippen LogP contribution in [0.15, 0.2) is 24.8 Å². The van der Waals surface area contributed by atoms with Gasteiger partial charge in [-0.25, -0.2) is 22.9 Å². The maximum absolute atomic E-state index is 12.6. The Labute approximate surface area is 256 Å². The molecule has 0 spiro atoms. The van der Waals surface area contributed by atoms with Crippen LogP contribution in [0.25, 0.3) is 0 Å². The fourth-order valence-corrected chi connectivity index (χ4v) is 7.09. The van der Waals surface area contributed by atoms with E-state index in [4.69, 9.17) is 4.74 Å². The van der Waals surface area contributed by atoms with E-state index in [1.165, 1.54) is 4.72 Å². The van der Waals surface area contributed by atoms with Crippen molar-refractivity contribution in [3.05, 3.63) is 46.6 Å². The number of ether oxygens (including phenoxy) is 1. The highest BCUT2D eigenvalue weighted by Gasteiger charge is 2.45. The summed E-state index contributed by atoms with van der Waals surface area (Å²) >= 11 is 6.44. The lowest BCUT2D eigenvalue weighted by atomic mass is 9.73. The molecule has 1 aromatic carbocycles. The topological polar surface area (TPSA) is 90.3 Å². The standard InChI is InChI=1S/C23H29F3I3N3O4S/c1-21(2,3)17(32-8-6-30-13-32)12-22(4,5)11-15-16(27)10-14(18(28)19(15)29)20(33)36-9-7-31-37(34,35)23(24,25)26/h6,8,10,13,17,31H,7,9,11-12H2,1-5H3. The first-order valence-corrected chi connectivity index (χ1v) is 15.9. The molecule has 37 heavy (non-hydrogen) atoms. The van der Waals surface area contributed by atoms with Gasteiger partial charge in [0.2, 0.25) is 0 Å². The van der Waals surface area contributed by atoms with Gasteiger partial charge in [0.1, 0.15) is 6.61 Å².